The van der Waals surface area contributed by atoms with E-state index in [1.807, 2.05) is 11.3 Å². The maximum atomic E-state index is 3.59. The molecule has 0 aromatic carbocycles. The first-order valence-corrected chi connectivity index (χ1v) is 8.81. The predicted molar refractivity (Wildman–Crippen MR) is 89.3 cm³/mol. The molecule has 114 valence electrons. The van der Waals surface area contributed by atoms with Gasteiger partial charge in [0.25, 0.3) is 0 Å². The van der Waals surface area contributed by atoms with Crippen LogP contribution in [0.15, 0.2) is 17.5 Å². The third-order valence-corrected chi connectivity index (χ3v) is 5.78. The Bertz CT molecular complexity index is 376. The van der Waals surface area contributed by atoms with E-state index in [0.717, 1.165) is 19.1 Å². The Kier molecular flexibility index (Phi) is 5.65. The van der Waals surface area contributed by atoms with Crippen LogP contribution in [0.5, 0.6) is 0 Å². The molecule has 1 aromatic heterocycles. The molecule has 1 atom stereocenters. The third-order valence-electron chi connectivity index (χ3n) is 4.90. The van der Waals surface area contributed by atoms with Gasteiger partial charge < -0.3 is 5.32 Å². The van der Waals surface area contributed by atoms with Crippen molar-refractivity contribution in [2.24, 2.45) is 5.41 Å². The van der Waals surface area contributed by atoms with Crippen LogP contribution in [0.1, 0.15) is 51.3 Å². The van der Waals surface area contributed by atoms with Crippen molar-refractivity contribution in [3.8, 4) is 0 Å². The molecule has 0 saturated heterocycles. The summed E-state index contributed by atoms with van der Waals surface area (Å²) in [5.41, 5.74) is 0.567. The lowest BCUT2D eigenvalue weighted by molar-refractivity contribution is 0.0995. The van der Waals surface area contributed by atoms with E-state index in [0.29, 0.717) is 11.5 Å². The van der Waals surface area contributed by atoms with E-state index < -0.39 is 0 Å². The Morgan fingerprint density at radius 3 is 2.70 bits per heavy atom. The normalized spacial score (nSPS) is 21.2. The Morgan fingerprint density at radius 1 is 1.40 bits per heavy atom. The van der Waals surface area contributed by atoms with Crippen LogP contribution in [0.25, 0.3) is 0 Å². The number of nitrogens with one attached hydrogen (secondary N) is 1. The summed E-state index contributed by atoms with van der Waals surface area (Å²) < 4.78 is 0. The summed E-state index contributed by atoms with van der Waals surface area (Å²) in [4.78, 5) is 4.02. The molecular formula is C17H30N2S. The van der Waals surface area contributed by atoms with Gasteiger partial charge in [0.15, 0.2) is 0 Å². The average Bonchev–Trinajstić information content (AvgIpc) is 2.91. The van der Waals surface area contributed by atoms with Crippen molar-refractivity contribution in [3.05, 3.63) is 22.4 Å². The van der Waals surface area contributed by atoms with Crippen LogP contribution in [-0.2, 0) is 6.54 Å². The van der Waals surface area contributed by atoms with E-state index in [1.165, 1.54) is 30.6 Å². The van der Waals surface area contributed by atoms with Crippen molar-refractivity contribution in [2.75, 3.05) is 13.6 Å². The summed E-state index contributed by atoms with van der Waals surface area (Å²) in [6.45, 7) is 9.26. The number of likely N-dealkylation sites (N-methyl/N-ethyl adjacent to an activating group) is 1. The lowest BCUT2D eigenvalue weighted by atomic mass is 9.75. The van der Waals surface area contributed by atoms with Crippen molar-refractivity contribution in [1.29, 1.82) is 0 Å². The van der Waals surface area contributed by atoms with Crippen LogP contribution in [0.3, 0.4) is 0 Å². The zero-order valence-electron chi connectivity index (χ0n) is 13.5. The minimum atomic E-state index is 0.567. The molecule has 2 nitrogen and oxygen atoms in total. The summed E-state index contributed by atoms with van der Waals surface area (Å²) in [5, 5.41) is 5.74. The second-order valence-corrected chi connectivity index (χ2v) is 8.15. The van der Waals surface area contributed by atoms with Gasteiger partial charge in [-0.25, -0.2) is 0 Å². The highest BCUT2D eigenvalue weighted by atomic mass is 32.1. The summed E-state index contributed by atoms with van der Waals surface area (Å²) >= 11 is 1.83. The first-order valence-electron chi connectivity index (χ1n) is 7.93. The van der Waals surface area contributed by atoms with Crippen molar-refractivity contribution < 1.29 is 0 Å². The van der Waals surface area contributed by atoms with Crippen LogP contribution >= 0.6 is 11.3 Å². The minimum Gasteiger partial charge on any atom is -0.310 e. The molecule has 1 aliphatic rings. The van der Waals surface area contributed by atoms with Crippen molar-refractivity contribution in [3.63, 3.8) is 0 Å². The highest BCUT2D eigenvalue weighted by Gasteiger charge is 2.30. The van der Waals surface area contributed by atoms with E-state index in [2.05, 4.69) is 55.5 Å². The Hall–Kier alpha value is -0.380. The molecule has 0 amide bonds. The van der Waals surface area contributed by atoms with Gasteiger partial charge in [0.05, 0.1) is 0 Å². The van der Waals surface area contributed by atoms with E-state index in [9.17, 15) is 0 Å². The monoisotopic (exact) mass is 294 g/mol. The van der Waals surface area contributed by atoms with Gasteiger partial charge in [-0.15, -0.1) is 11.3 Å². The maximum absolute atomic E-state index is 3.59. The van der Waals surface area contributed by atoms with Gasteiger partial charge in [-0.1, -0.05) is 19.9 Å². The highest BCUT2D eigenvalue weighted by molar-refractivity contribution is 7.09. The molecule has 1 heterocycles. The van der Waals surface area contributed by atoms with Gasteiger partial charge in [0.1, 0.15) is 0 Å². The van der Waals surface area contributed by atoms with Crippen molar-refractivity contribution in [2.45, 2.75) is 65.1 Å². The standard InChI is InChI=1S/C17H30N2S/c1-14(12-18-13-16-6-5-11-20-16)19(4)15-7-9-17(2,3)10-8-15/h5-6,11,14-15,18H,7-10,12-13H2,1-4H3. The molecule has 20 heavy (non-hydrogen) atoms. The first-order chi connectivity index (χ1) is 9.48. The molecule has 1 fully saturated rings. The van der Waals surface area contributed by atoms with Crippen LogP contribution < -0.4 is 5.32 Å². The van der Waals surface area contributed by atoms with Crippen LogP contribution in [0.2, 0.25) is 0 Å². The quantitative estimate of drug-likeness (QED) is 0.849. The van der Waals surface area contributed by atoms with Gasteiger partial charge >= 0.3 is 0 Å². The smallest absolute Gasteiger partial charge is 0.0300 e. The van der Waals surface area contributed by atoms with Gasteiger partial charge in [-0.2, -0.15) is 0 Å². The zero-order chi connectivity index (χ0) is 14.6. The number of thiophene rings is 1. The summed E-state index contributed by atoms with van der Waals surface area (Å²) in [6.07, 6.45) is 5.46. The number of rotatable bonds is 6. The highest BCUT2D eigenvalue weighted by Crippen LogP contribution is 2.36. The SMILES string of the molecule is CC(CNCc1cccs1)N(C)C1CCC(C)(C)CC1. The molecule has 2 rings (SSSR count). The molecular weight excluding hydrogens is 264 g/mol. The Balaban J connectivity index is 1.70. The van der Waals surface area contributed by atoms with Gasteiger partial charge in [-0.05, 0) is 56.5 Å². The number of hydrogen-bond donors (Lipinski definition) is 1. The molecule has 1 aromatic rings. The minimum absolute atomic E-state index is 0.567. The molecule has 3 heteroatoms. The fourth-order valence-electron chi connectivity index (χ4n) is 3.11. The zero-order valence-corrected chi connectivity index (χ0v) is 14.3. The van der Waals surface area contributed by atoms with E-state index >= 15 is 0 Å². The number of hydrogen-bond acceptors (Lipinski definition) is 3. The predicted octanol–water partition coefficient (Wildman–Crippen LogP) is 4.13. The Morgan fingerprint density at radius 2 is 2.10 bits per heavy atom. The molecule has 0 spiro atoms. The maximum Gasteiger partial charge on any atom is 0.0300 e. The van der Waals surface area contributed by atoms with E-state index in [4.69, 9.17) is 0 Å². The van der Waals surface area contributed by atoms with E-state index in [1.54, 1.807) is 0 Å². The lowest BCUT2D eigenvalue weighted by Gasteiger charge is -2.41. The first kappa shape index (κ1) is 16.0. The molecule has 1 aliphatic carbocycles. The lowest BCUT2D eigenvalue weighted by Crippen LogP contribution is -2.45. The summed E-state index contributed by atoms with van der Waals surface area (Å²) in [7, 11) is 2.31. The van der Waals surface area contributed by atoms with Crippen molar-refractivity contribution in [1.82, 2.24) is 10.2 Å². The number of nitrogens with zero attached hydrogens (tertiary/aromatic N) is 1. The fraction of sp³-hybridized carbons (Fsp3) is 0.765. The molecule has 1 saturated carbocycles. The molecule has 1 unspecified atom stereocenters. The van der Waals surface area contributed by atoms with E-state index in [-0.39, 0.29) is 0 Å². The fourth-order valence-corrected chi connectivity index (χ4v) is 3.79. The largest absolute Gasteiger partial charge is 0.310 e. The molecule has 0 aliphatic heterocycles. The van der Waals surface area contributed by atoms with Crippen LogP contribution in [0, 0.1) is 5.41 Å². The van der Waals surface area contributed by atoms with Crippen LogP contribution in [0.4, 0.5) is 0 Å². The van der Waals surface area contributed by atoms with Gasteiger partial charge in [0, 0.05) is 30.1 Å². The van der Waals surface area contributed by atoms with Gasteiger partial charge in [0.2, 0.25) is 0 Å². The van der Waals surface area contributed by atoms with Gasteiger partial charge in [-0.3, -0.25) is 4.90 Å². The van der Waals surface area contributed by atoms with Crippen LogP contribution in [-0.4, -0.2) is 30.6 Å². The molecule has 0 bridgehead atoms. The summed E-state index contributed by atoms with van der Waals surface area (Å²) in [5.74, 6) is 0. The topological polar surface area (TPSA) is 15.3 Å². The Labute approximate surface area is 128 Å². The van der Waals surface area contributed by atoms with Crippen molar-refractivity contribution >= 4 is 11.3 Å². The molecule has 0 radical (unpaired) electrons. The molecule has 1 N–H and O–H groups in total. The third kappa shape index (κ3) is 4.57. The summed E-state index contributed by atoms with van der Waals surface area (Å²) in [6, 6.07) is 5.72. The average molecular weight is 295 g/mol. The second-order valence-electron chi connectivity index (χ2n) is 7.12. The second kappa shape index (κ2) is 7.06.